The van der Waals surface area contributed by atoms with Crippen molar-refractivity contribution < 1.29 is 14.7 Å². The van der Waals surface area contributed by atoms with E-state index in [9.17, 15) is 9.59 Å². The zero-order chi connectivity index (χ0) is 14.7. The first-order valence-electron chi connectivity index (χ1n) is 5.78. The van der Waals surface area contributed by atoms with Gasteiger partial charge in [0.05, 0.1) is 0 Å². The van der Waals surface area contributed by atoms with Gasteiger partial charge in [0.2, 0.25) is 0 Å². The lowest BCUT2D eigenvalue weighted by Crippen LogP contribution is -2.20. The maximum absolute atomic E-state index is 12.1. The lowest BCUT2D eigenvalue weighted by Gasteiger charge is -2.08. The van der Waals surface area contributed by atoms with E-state index in [1.807, 2.05) is 6.92 Å². The number of aliphatic carboxylic acids is 1. The van der Waals surface area contributed by atoms with Gasteiger partial charge in [0.15, 0.2) is 0 Å². The van der Waals surface area contributed by atoms with E-state index in [0.29, 0.717) is 10.7 Å². The summed E-state index contributed by atoms with van der Waals surface area (Å²) in [4.78, 5) is 22.7. The number of carbonyl (C=O) groups is 2. The van der Waals surface area contributed by atoms with Crippen LogP contribution in [0.5, 0.6) is 0 Å². The Bertz CT molecular complexity index is 667. The third-order valence-corrected chi connectivity index (χ3v) is 3.07. The molecule has 1 amide bonds. The van der Waals surface area contributed by atoms with Gasteiger partial charge in [0.1, 0.15) is 12.2 Å². The summed E-state index contributed by atoms with van der Waals surface area (Å²) in [6.07, 6.45) is 1.37. The topological polar surface area (TPSA) is 84.2 Å². The van der Waals surface area contributed by atoms with Crippen LogP contribution in [0.25, 0.3) is 0 Å². The predicted octanol–water partition coefficient (Wildman–Crippen LogP) is 2.18. The molecule has 0 spiro atoms. The molecule has 1 heterocycles. The van der Waals surface area contributed by atoms with Crippen molar-refractivity contribution >= 4 is 29.2 Å². The Balaban J connectivity index is 2.17. The number of carbonyl (C=O) groups excluding carboxylic acids is 1. The van der Waals surface area contributed by atoms with Crippen molar-refractivity contribution in [2.45, 2.75) is 13.5 Å². The fourth-order valence-electron chi connectivity index (χ4n) is 1.65. The number of aromatic nitrogens is 2. The summed E-state index contributed by atoms with van der Waals surface area (Å²) in [5, 5.41) is 15.7. The van der Waals surface area contributed by atoms with E-state index in [4.69, 9.17) is 16.7 Å². The van der Waals surface area contributed by atoms with Crippen LogP contribution in [0.1, 0.15) is 16.1 Å². The van der Waals surface area contributed by atoms with Gasteiger partial charge in [-0.05, 0) is 30.7 Å². The van der Waals surface area contributed by atoms with E-state index in [0.717, 1.165) is 10.2 Å². The summed E-state index contributed by atoms with van der Waals surface area (Å²) in [6.45, 7) is 1.49. The fraction of sp³-hybridized carbons (Fsp3) is 0.154. The highest BCUT2D eigenvalue weighted by atomic mass is 35.5. The van der Waals surface area contributed by atoms with E-state index in [-0.39, 0.29) is 12.2 Å². The quantitative estimate of drug-likeness (QED) is 0.905. The van der Waals surface area contributed by atoms with Crippen LogP contribution in [0.2, 0.25) is 5.02 Å². The second-order valence-corrected chi connectivity index (χ2v) is 4.59. The molecular weight excluding hydrogens is 282 g/mol. The third kappa shape index (κ3) is 3.16. The molecule has 104 valence electrons. The first kappa shape index (κ1) is 14.1. The van der Waals surface area contributed by atoms with Gasteiger partial charge in [-0.1, -0.05) is 17.7 Å². The lowest BCUT2D eigenvalue weighted by atomic mass is 10.2. The van der Waals surface area contributed by atoms with Crippen molar-refractivity contribution in [1.29, 1.82) is 0 Å². The number of anilines is 1. The molecule has 1 aromatic heterocycles. The zero-order valence-corrected chi connectivity index (χ0v) is 11.4. The second kappa shape index (κ2) is 5.75. The number of nitrogens with one attached hydrogen (secondary N) is 1. The van der Waals surface area contributed by atoms with Gasteiger partial charge in [0, 0.05) is 16.9 Å². The van der Waals surface area contributed by atoms with Crippen molar-refractivity contribution in [3.8, 4) is 0 Å². The summed E-state index contributed by atoms with van der Waals surface area (Å²) in [5.41, 5.74) is 1.61. The fourth-order valence-corrected chi connectivity index (χ4v) is 1.83. The van der Waals surface area contributed by atoms with Crippen molar-refractivity contribution in [3.63, 3.8) is 0 Å². The van der Waals surface area contributed by atoms with Crippen LogP contribution in [-0.4, -0.2) is 26.8 Å². The Morgan fingerprint density at radius 2 is 2.15 bits per heavy atom. The summed E-state index contributed by atoms with van der Waals surface area (Å²) >= 11 is 5.98. The summed E-state index contributed by atoms with van der Waals surface area (Å²) in [5.74, 6) is -1.51. The highest BCUT2D eigenvalue weighted by molar-refractivity contribution is 6.31. The second-order valence-electron chi connectivity index (χ2n) is 4.19. The zero-order valence-electron chi connectivity index (χ0n) is 10.6. The molecule has 7 heteroatoms. The largest absolute Gasteiger partial charge is 0.480 e. The molecule has 0 saturated heterocycles. The van der Waals surface area contributed by atoms with Crippen LogP contribution < -0.4 is 5.32 Å². The maximum Gasteiger partial charge on any atom is 0.325 e. The number of hydrogen-bond acceptors (Lipinski definition) is 3. The number of carboxylic acids is 1. The molecule has 0 aliphatic heterocycles. The Hall–Kier alpha value is -2.34. The first-order valence-corrected chi connectivity index (χ1v) is 6.16. The SMILES string of the molecule is Cc1ccc(NC(=O)c2ccnn2CC(=O)O)cc1Cl. The molecule has 0 unspecified atom stereocenters. The summed E-state index contributed by atoms with van der Waals surface area (Å²) in [7, 11) is 0. The molecule has 2 aromatic rings. The summed E-state index contributed by atoms with van der Waals surface area (Å²) in [6, 6.07) is 6.59. The van der Waals surface area contributed by atoms with Crippen molar-refractivity contribution in [2.24, 2.45) is 0 Å². The molecule has 20 heavy (non-hydrogen) atoms. The number of carboxylic acid groups (broad SMARTS) is 1. The molecule has 2 rings (SSSR count). The molecule has 2 N–H and O–H groups in total. The van der Waals surface area contributed by atoms with Crippen molar-refractivity contribution in [3.05, 3.63) is 46.7 Å². The summed E-state index contributed by atoms with van der Waals surface area (Å²) < 4.78 is 1.12. The highest BCUT2D eigenvalue weighted by Gasteiger charge is 2.14. The molecule has 0 saturated carbocycles. The number of aryl methyl sites for hydroxylation is 1. The van der Waals surface area contributed by atoms with Crippen LogP contribution in [0.4, 0.5) is 5.69 Å². The maximum atomic E-state index is 12.1. The number of benzene rings is 1. The van der Waals surface area contributed by atoms with E-state index in [1.54, 1.807) is 18.2 Å². The normalized spacial score (nSPS) is 10.3. The van der Waals surface area contributed by atoms with Gasteiger partial charge in [-0.3, -0.25) is 9.59 Å². The van der Waals surface area contributed by atoms with Gasteiger partial charge in [0.25, 0.3) is 5.91 Å². The smallest absolute Gasteiger partial charge is 0.325 e. The molecule has 0 fully saturated rings. The van der Waals surface area contributed by atoms with Crippen LogP contribution >= 0.6 is 11.6 Å². The van der Waals surface area contributed by atoms with Gasteiger partial charge in [-0.15, -0.1) is 0 Å². The lowest BCUT2D eigenvalue weighted by molar-refractivity contribution is -0.137. The number of halogens is 1. The Labute approximate surface area is 120 Å². The molecule has 0 radical (unpaired) electrons. The monoisotopic (exact) mass is 293 g/mol. The van der Waals surface area contributed by atoms with Gasteiger partial charge in [-0.25, -0.2) is 4.68 Å². The minimum Gasteiger partial charge on any atom is -0.480 e. The number of hydrogen-bond donors (Lipinski definition) is 2. The number of amides is 1. The average molecular weight is 294 g/mol. The van der Waals surface area contributed by atoms with E-state index in [1.165, 1.54) is 12.3 Å². The van der Waals surface area contributed by atoms with Crippen LogP contribution in [-0.2, 0) is 11.3 Å². The number of nitrogens with zero attached hydrogens (tertiary/aromatic N) is 2. The Morgan fingerprint density at radius 1 is 1.40 bits per heavy atom. The highest BCUT2D eigenvalue weighted by Crippen LogP contribution is 2.20. The molecular formula is C13H12ClN3O3. The van der Waals surface area contributed by atoms with Gasteiger partial charge >= 0.3 is 5.97 Å². The van der Waals surface area contributed by atoms with Crippen LogP contribution in [0, 0.1) is 6.92 Å². The average Bonchev–Trinajstić information content (AvgIpc) is 2.81. The van der Waals surface area contributed by atoms with Crippen LogP contribution in [0.3, 0.4) is 0 Å². The molecule has 0 aliphatic carbocycles. The van der Waals surface area contributed by atoms with Crippen molar-refractivity contribution in [1.82, 2.24) is 9.78 Å². The van der Waals surface area contributed by atoms with Gasteiger partial charge in [-0.2, -0.15) is 5.10 Å². The predicted molar refractivity (Wildman–Crippen MR) is 74.0 cm³/mol. The van der Waals surface area contributed by atoms with E-state index >= 15 is 0 Å². The third-order valence-electron chi connectivity index (χ3n) is 2.66. The Morgan fingerprint density at radius 3 is 2.80 bits per heavy atom. The Kier molecular flexibility index (Phi) is 4.05. The van der Waals surface area contributed by atoms with Crippen LogP contribution in [0.15, 0.2) is 30.5 Å². The molecule has 6 nitrogen and oxygen atoms in total. The standard InChI is InChI=1S/C13H12ClN3O3/c1-8-2-3-9(6-10(8)14)16-13(20)11-4-5-15-17(11)7-12(18)19/h2-6H,7H2,1H3,(H,16,20)(H,18,19). The minimum atomic E-state index is -1.07. The first-order chi connectivity index (χ1) is 9.47. The molecule has 0 aliphatic rings. The molecule has 1 aromatic carbocycles. The molecule has 0 bridgehead atoms. The van der Waals surface area contributed by atoms with E-state index in [2.05, 4.69) is 10.4 Å². The molecule has 0 atom stereocenters. The van der Waals surface area contributed by atoms with E-state index < -0.39 is 11.9 Å². The minimum absolute atomic E-state index is 0.170. The number of rotatable bonds is 4. The van der Waals surface area contributed by atoms with Gasteiger partial charge < -0.3 is 10.4 Å². The van der Waals surface area contributed by atoms with Crippen molar-refractivity contribution in [2.75, 3.05) is 5.32 Å².